The third-order valence-corrected chi connectivity index (χ3v) is 1.80. The number of hydrogen-bond acceptors (Lipinski definition) is 5. The lowest BCUT2D eigenvalue weighted by Gasteiger charge is -2.10. The summed E-state index contributed by atoms with van der Waals surface area (Å²) in [5.74, 6) is -0.285. The number of hydrogen-bond donors (Lipinski definition) is 1. The van der Waals surface area contributed by atoms with Crippen LogP contribution in [0, 0.1) is 0 Å². The second kappa shape index (κ2) is 5.25. The molecule has 1 N–H and O–H groups in total. The van der Waals surface area contributed by atoms with Gasteiger partial charge in [-0.2, -0.15) is 8.42 Å². The Hall–Kier alpha value is -0.530. The van der Waals surface area contributed by atoms with Crippen molar-refractivity contribution in [2.75, 3.05) is 12.8 Å². The monoisotopic (exact) mass is 224 g/mol. The first-order chi connectivity index (χ1) is 5.85. The summed E-state index contributed by atoms with van der Waals surface area (Å²) in [6.45, 7) is 1.31. The van der Waals surface area contributed by atoms with E-state index < -0.39 is 16.2 Å². The van der Waals surface area contributed by atoms with Gasteiger partial charge in [0.25, 0.3) is 10.1 Å². The molecule has 0 aliphatic rings. The highest BCUT2D eigenvalue weighted by molar-refractivity contribution is 7.86. The van der Waals surface area contributed by atoms with Gasteiger partial charge in [0.05, 0.1) is 18.2 Å². The van der Waals surface area contributed by atoms with Crippen molar-refractivity contribution in [2.24, 2.45) is 0 Å². The summed E-state index contributed by atoms with van der Waals surface area (Å²) in [6, 6.07) is 0. The van der Waals surface area contributed by atoms with E-state index in [9.17, 15) is 13.2 Å². The number of carbonyl (C=O) groups is 1. The summed E-state index contributed by atoms with van der Waals surface area (Å²) in [5, 5.41) is 4.54. The van der Waals surface area contributed by atoms with Gasteiger partial charge in [0.2, 0.25) is 5.91 Å². The number of nitrogens with one attached hydrogen (secondary N) is 1. The predicted octanol–water partition coefficient (Wildman–Crippen LogP) is -0.656. The lowest BCUT2D eigenvalue weighted by Crippen LogP contribution is -2.34. The van der Waals surface area contributed by atoms with E-state index >= 15 is 0 Å². The van der Waals surface area contributed by atoms with Crippen LogP contribution in [0.5, 0.6) is 0 Å². The smallest absolute Gasteiger partial charge is 0.265 e. The zero-order valence-electron chi connectivity index (χ0n) is 7.23. The standard InChI is InChI=1S/C6H10NO4S2/c1-5(8)7-3-6(4-12)11-13(2,9)10/h6H,3H2,1-2H3,(H,7,8). The molecule has 0 aromatic heterocycles. The number of amides is 1. The molecule has 0 spiro atoms. The average molecular weight is 224 g/mol. The van der Waals surface area contributed by atoms with Crippen molar-refractivity contribution in [3.8, 4) is 0 Å². The van der Waals surface area contributed by atoms with Crippen molar-refractivity contribution in [1.29, 1.82) is 0 Å². The first-order valence-corrected chi connectivity index (χ1v) is 5.58. The minimum Gasteiger partial charge on any atom is -0.353 e. The van der Waals surface area contributed by atoms with Gasteiger partial charge in [-0.3, -0.25) is 8.98 Å². The largest absolute Gasteiger partial charge is 0.353 e. The molecule has 0 aromatic rings. The highest BCUT2D eigenvalue weighted by Crippen LogP contribution is 1.94. The third kappa shape index (κ3) is 7.82. The zero-order chi connectivity index (χ0) is 10.5. The van der Waals surface area contributed by atoms with E-state index in [0.717, 1.165) is 6.26 Å². The number of carbonyl (C=O) groups excluding carboxylic acids is 1. The van der Waals surface area contributed by atoms with Crippen molar-refractivity contribution >= 4 is 33.6 Å². The number of thiocarbonyl (C=S) groups is 1. The molecule has 1 unspecified atom stereocenters. The lowest BCUT2D eigenvalue weighted by atomic mass is 10.4. The Morgan fingerprint density at radius 3 is 2.54 bits per heavy atom. The van der Waals surface area contributed by atoms with Gasteiger partial charge >= 0.3 is 0 Å². The van der Waals surface area contributed by atoms with Gasteiger partial charge in [-0.05, 0) is 0 Å². The number of rotatable bonds is 5. The third-order valence-electron chi connectivity index (χ3n) is 0.959. The van der Waals surface area contributed by atoms with Crippen LogP contribution in [0.15, 0.2) is 0 Å². The molecule has 1 radical (unpaired) electrons. The molecule has 13 heavy (non-hydrogen) atoms. The summed E-state index contributed by atoms with van der Waals surface area (Å²) in [5.41, 5.74) is 0. The summed E-state index contributed by atoms with van der Waals surface area (Å²) in [4.78, 5) is 10.5. The van der Waals surface area contributed by atoms with E-state index in [4.69, 9.17) is 0 Å². The SMILES string of the molecule is CC(=O)NCC([C]=S)OS(C)(=O)=O. The minimum atomic E-state index is -3.56. The van der Waals surface area contributed by atoms with Crippen LogP contribution >= 0.6 is 12.2 Å². The molecule has 75 valence electrons. The molecule has 0 aliphatic heterocycles. The first kappa shape index (κ1) is 12.5. The van der Waals surface area contributed by atoms with Crippen LogP contribution in [-0.2, 0) is 19.1 Å². The molecule has 0 saturated carbocycles. The molecule has 5 nitrogen and oxygen atoms in total. The summed E-state index contributed by atoms with van der Waals surface area (Å²) in [6.07, 6.45) is -0.00521. The van der Waals surface area contributed by atoms with Gasteiger partial charge in [-0.15, -0.1) is 0 Å². The fourth-order valence-electron chi connectivity index (χ4n) is 0.543. The highest BCUT2D eigenvalue weighted by atomic mass is 32.2. The van der Waals surface area contributed by atoms with Crippen LogP contribution in [0.3, 0.4) is 0 Å². The molecule has 0 saturated heterocycles. The maximum absolute atomic E-state index is 10.6. The first-order valence-electron chi connectivity index (χ1n) is 3.35. The van der Waals surface area contributed by atoms with Crippen LogP contribution in [0.25, 0.3) is 0 Å². The van der Waals surface area contributed by atoms with Crippen LogP contribution in [-0.4, -0.2) is 38.6 Å². The van der Waals surface area contributed by atoms with Crippen LogP contribution < -0.4 is 5.32 Å². The van der Waals surface area contributed by atoms with E-state index in [1.165, 1.54) is 6.92 Å². The van der Waals surface area contributed by atoms with Crippen molar-refractivity contribution in [3.05, 3.63) is 0 Å². The summed E-state index contributed by atoms with van der Waals surface area (Å²) >= 11 is 4.40. The molecule has 1 amide bonds. The van der Waals surface area contributed by atoms with E-state index in [1.807, 2.05) is 0 Å². The Balaban J connectivity index is 4.05. The maximum Gasteiger partial charge on any atom is 0.265 e. The molecule has 0 rings (SSSR count). The molecule has 0 fully saturated rings. The van der Waals surface area contributed by atoms with Gasteiger partial charge < -0.3 is 5.32 Å². The van der Waals surface area contributed by atoms with E-state index in [0.29, 0.717) is 0 Å². The van der Waals surface area contributed by atoms with Gasteiger partial charge in [0.1, 0.15) is 6.10 Å². The fourth-order valence-corrected chi connectivity index (χ4v) is 1.27. The van der Waals surface area contributed by atoms with Crippen LogP contribution in [0.1, 0.15) is 6.92 Å². The van der Waals surface area contributed by atoms with Crippen molar-refractivity contribution < 1.29 is 17.4 Å². The quantitative estimate of drug-likeness (QED) is 0.496. The fraction of sp³-hybridized carbons (Fsp3) is 0.667. The van der Waals surface area contributed by atoms with Crippen LogP contribution in [0.4, 0.5) is 0 Å². The molecule has 0 heterocycles. The van der Waals surface area contributed by atoms with E-state index in [-0.39, 0.29) is 12.5 Å². The minimum absolute atomic E-state index is 0.00586. The predicted molar refractivity (Wildman–Crippen MR) is 51.0 cm³/mol. The average Bonchev–Trinajstić information content (AvgIpc) is 1.95. The Kier molecular flexibility index (Phi) is 5.04. The summed E-state index contributed by atoms with van der Waals surface area (Å²) < 4.78 is 25.7. The van der Waals surface area contributed by atoms with E-state index in [1.54, 1.807) is 0 Å². The summed E-state index contributed by atoms with van der Waals surface area (Å²) in [7, 11) is -3.56. The van der Waals surface area contributed by atoms with Crippen molar-refractivity contribution in [2.45, 2.75) is 13.0 Å². The zero-order valence-corrected chi connectivity index (χ0v) is 8.87. The van der Waals surface area contributed by atoms with Crippen LogP contribution in [0.2, 0.25) is 0 Å². The Morgan fingerprint density at radius 2 is 2.23 bits per heavy atom. The Labute approximate surface area is 82.6 Å². The molecule has 1 atom stereocenters. The van der Waals surface area contributed by atoms with Gasteiger partial charge in [-0.1, -0.05) is 12.2 Å². The van der Waals surface area contributed by atoms with Gasteiger partial charge in [-0.25, -0.2) is 0 Å². The molecule has 0 aliphatic carbocycles. The molecule has 7 heteroatoms. The molecule has 0 bridgehead atoms. The maximum atomic E-state index is 10.6. The normalized spacial score (nSPS) is 13.4. The molecular weight excluding hydrogens is 214 g/mol. The highest BCUT2D eigenvalue weighted by Gasteiger charge is 2.13. The van der Waals surface area contributed by atoms with Gasteiger partial charge in [0.15, 0.2) is 0 Å². The lowest BCUT2D eigenvalue weighted by molar-refractivity contribution is -0.119. The van der Waals surface area contributed by atoms with Gasteiger partial charge in [0, 0.05) is 6.92 Å². The second-order valence-electron chi connectivity index (χ2n) is 2.34. The molecular formula is C6H10NO4S2. The Morgan fingerprint density at radius 1 is 1.69 bits per heavy atom. The topological polar surface area (TPSA) is 72.5 Å². The van der Waals surface area contributed by atoms with Crippen molar-refractivity contribution in [1.82, 2.24) is 5.32 Å². The van der Waals surface area contributed by atoms with E-state index in [2.05, 4.69) is 27.1 Å². The Bertz CT molecular complexity index is 285. The van der Waals surface area contributed by atoms with Crippen molar-refractivity contribution in [3.63, 3.8) is 0 Å². The second-order valence-corrected chi connectivity index (χ2v) is 4.18. The molecule has 0 aromatic carbocycles.